The number of ether oxygens (including phenoxy) is 1. The van der Waals surface area contributed by atoms with Crippen molar-refractivity contribution in [3.8, 4) is 5.75 Å². The monoisotopic (exact) mass is 213 g/mol. The average molecular weight is 213 g/mol. The lowest BCUT2D eigenvalue weighted by Crippen LogP contribution is -2.42. The Morgan fingerprint density at radius 1 is 1.40 bits per heavy atom. The van der Waals surface area contributed by atoms with Gasteiger partial charge in [0.25, 0.3) is 5.92 Å². The Morgan fingerprint density at radius 3 is 2.87 bits per heavy atom. The van der Waals surface area contributed by atoms with Crippen LogP contribution in [0.3, 0.4) is 0 Å². The van der Waals surface area contributed by atoms with Crippen LogP contribution in [0.15, 0.2) is 24.3 Å². The van der Waals surface area contributed by atoms with E-state index in [1.54, 1.807) is 6.07 Å². The molecule has 4 heteroatoms. The molecule has 0 saturated heterocycles. The van der Waals surface area contributed by atoms with Gasteiger partial charge in [0.05, 0.1) is 19.1 Å². The third-order valence-electron chi connectivity index (χ3n) is 2.75. The first-order valence-electron chi connectivity index (χ1n) is 4.92. The van der Waals surface area contributed by atoms with Crippen LogP contribution in [0.5, 0.6) is 5.75 Å². The molecule has 0 aromatic heterocycles. The molecule has 1 heterocycles. The molecule has 2 nitrogen and oxygen atoms in total. The van der Waals surface area contributed by atoms with Gasteiger partial charge >= 0.3 is 0 Å². The van der Waals surface area contributed by atoms with Gasteiger partial charge in [0, 0.05) is 0 Å². The number of rotatable bonds is 2. The minimum absolute atomic E-state index is 0.0429. The van der Waals surface area contributed by atoms with Crippen LogP contribution < -0.4 is 10.5 Å². The van der Waals surface area contributed by atoms with E-state index in [2.05, 4.69) is 0 Å². The first kappa shape index (κ1) is 10.4. The molecule has 0 fully saturated rings. The highest BCUT2D eigenvalue weighted by Crippen LogP contribution is 2.34. The Balaban J connectivity index is 2.19. The highest BCUT2D eigenvalue weighted by molar-refractivity contribution is 5.35. The molecule has 1 aromatic carbocycles. The zero-order chi connectivity index (χ0) is 10.9. The number of nitrogens with two attached hydrogens (primary N) is 1. The van der Waals surface area contributed by atoms with Crippen molar-refractivity contribution in [1.82, 2.24) is 0 Å². The van der Waals surface area contributed by atoms with E-state index >= 15 is 0 Å². The van der Waals surface area contributed by atoms with Gasteiger partial charge in [-0.05, 0) is 18.1 Å². The van der Waals surface area contributed by atoms with Crippen LogP contribution in [-0.4, -0.2) is 19.1 Å². The van der Waals surface area contributed by atoms with E-state index in [-0.39, 0.29) is 6.61 Å². The summed E-state index contributed by atoms with van der Waals surface area (Å²) in [5, 5.41) is 0. The van der Waals surface area contributed by atoms with E-state index in [0.717, 1.165) is 5.56 Å². The molecular weight excluding hydrogens is 200 g/mol. The second-order valence-corrected chi connectivity index (χ2v) is 3.78. The molecular formula is C11H13F2NO. The first-order chi connectivity index (χ1) is 7.13. The van der Waals surface area contributed by atoms with E-state index in [0.29, 0.717) is 12.2 Å². The second-order valence-electron chi connectivity index (χ2n) is 3.78. The van der Waals surface area contributed by atoms with Crippen molar-refractivity contribution in [2.75, 3.05) is 13.2 Å². The highest BCUT2D eigenvalue weighted by Gasteiger charge is 2.40. The largest absolute Gasteiger partial charge is 0.493 e. The summed E-state index contributed by atoms with van der Waals surface area (Å²) in [7, 11) is 0. The fraction of sp³-hybridized carbons (Fsp3) is 0.455. The fourth-order valence-corrected chi connectivity index (χ4v) is 1.77. The van der Waals surface area contributed by atoms with Crippen LogP contribution in [0.2, 0.25) is 0 Å². The Morgan fingerprint density at radius 2 is 2.13 bits per heavy atom. The Labute approximate surface area is 87.0 Å². The van der Waals surface area contributed by atoms with Crippen LogP contribution in [-0.2, 0) is 6.42 Å². The lowest BCUT2D eigenvalue weighted by molar-refractivity contribution is -0.0682. The molecule has 15 heavy (non-hydrogen) atoms. The number of hydrogen-bond donors (Lipinski definition) is 1. The van der Waals surface area contributed by atoms with Crippen LogP contribution in [0, 0.1) is 5.92 Å². The van der Waals surface area contributed by atoms with Crippen LogP contribution >= 0.6 is 0 Å². The maximum atomic E-state index is 13.3. The maximum Gasteiger partial charge on any atom is 0.266 e. The predicted octanol–water partition coefficient (Wildman–Crippen LogP) is 1.83. The molecule has 0 bridgehead atoms. The molecule has 2 rings (SSSR count). The van der Waals surface area contributed by atoms with Gasteiger partial charge in [0.2, 0.25) is 0 Å². The Bertz CT molecular complexity index is 354. The minimum Gasteiger partial charge on any atom is -0.493 e. The first-order valence-corrected chi connectivity index (χ1v) is 4.92. The Hall–Kier alpha value is -1.16. The van der Waals surface area contributed by atoms with Crippen molar-refractivity contribution in [3.05, 3.63) is 29.8 Å². The van der Waals surface area contributed by atoms with Gasteiger partial charge in [-0.2, -0.15) is 0 Å². The van der Waals surface area contributed by atoms with Crippen molar-refractivity contribution in [2.45, 2.75) is 12.3 Å². The summed E-state index contributed by atoms with van der Waals surface area (Å²) in [5.41, 5.74) is 5.89. The topological polar surface area (TPSA) is 35.2 Å². The number of fused-ring (bicyclic) bond motifs is 1. The third-order valence-corrected chi connectivity index (χ3v) is 2.75. The summed E-state index contributed by atoms with van der Waals surface area (Å²) >= 11 is 0. The zero-order valence-electron chi connectivity index (χ0n) is 8.25. The molecule has 2 N–H and O–H groups in total. The lowest BCUT2D eigenvalue weighted by Gasteiger charge is -2.30. The molecule has 0 amide bonds. The molecule has 0 radical (unpaired) electrons. The van der Waals surface area contributed by atoms with E-state index < -0.39 is 18.4 Å². The summed E-state index contributed by atoms with van der Waals surface area (Å²) in [6.45, 7) is -0.579. The van der Waals surface area contributed by atoms with Crippen molar-refractivity contribution in [1.29, 1.82) is 0 Å². The molecule has 1 aromatic rings. The van der Waals surface area contributed by atoms with Crippen molar-refractivity contribution < 1.29 is 13.5 Å². The quantitative estimate of drug-likeness (QED) is 0.813. The Kier molecular flexibility index (Phi) is 2.61. The average Bonchev–Trinajstić information content (AvgIpc) is 2.28. The smallest absolute Gasteiger partial charge is 0.266 e. The number of hydrogen-bond acceptors (Lipinski definition) is 2. The van der Waals surface area contributed by atoms with Gasteiger partial charge in [-0.1, -0.05) is 18.2 Å². The summed E-state index contributed by atoms with van der Waals surface area (Å²) in [5.74, 6) is -2.94. The summed E-state index contributed by atoms with van der Waals surface area (Å²) in [6, 6.07) is 7.27. The summed E-state index contributed by atoms with van der Waals surface area (Å²) < 4.78 is 31.9. The van der Waals surface area contributed by atoms with Gasteiger partial charge in [0.1, 0.15) is 5.75 Å². The predicted molar refractivity (Wildman–Crippen MR) is 53.1 cm³/mol. The van der Waals surface area contributed by atoms with E-state index in [4.69, 9.17) is 10.5 Å². The van der Waals surface area contributed by atoms with Gasteiger partial charge < -0.3 is 10.5 Å². The minimum atomic E-state index is -2.84. The molecule has 0 aliphatic carbocycles. The van der Waals surface area contributed by atoms with Crippen LogP contribution in [0.4, 0.5) is 8.78 Å². The summed E-state index contributed by atoms with van der Waals surface area (Å²) in [4.78, 5) is 0. The zero-order valence-corrected chi connectivity index (χ0v) is 8.25. The molecule has 1 atom stereocenters. The number of halogens is 2. The van der Waals surface area contributed by atoms with Crippen molar-refractivity contribution in [3.63, 3.8) is 0 Å². The number of para-hydroxylation sites is 1. The SMILES string of the molecule is NCC(F)(F)C1COc2ccccc2C1. The lowest BCUT2D eigenvalue weighted by atomic mass is 9.91. The summed E-state index contributed by atoms with van der Waals surface area (Å²) in [6.07, 6.45) is 0.334. The second kappa shape index (κ2) is 3.77. The molecule has 0 spiro atoms. The third kappa shape index (κ3) is 1.95. The van der Waals surface area contributed by atoms with E-state index in [9.17, 15) is 8.78 Å². The highest BCUT2D eigenvalue weighted by atomic mass is 19.3. The van der Waals surface area contributed by atoms with Crippen molar-refractivity contribution >= 4 is 0 Å². The van der Waals surface area contributed by atoms with Gasteiger partial charge in [-0.3, -0.25) is 0 Å². The molecule has 1 aliphatic heterocycles. The molecule has 82 valence electrons. The molecule has 0 saturated carbocycles. The number of alkyl halides is 2. The fourth-order valence-electron chi connectivity index (χ4n) is 1.77. The normalized spacial score (nSPS) is 20.6. The standard InChI is InChI=1S/C11H13F2NO/c12-11(13,7-14)9-5-8-3-1-2-4-10(8)15-6-9/h1-4,9H,5-7,14H2. The van der Waals surface area contributed by atoms with Gasteiger partial charge in [0.15, 0.2) is 0 Å². The van der Waals surface area contributed by atoms with Gasteiger partial charge in [-0.25, -0.2) is 8.78 Å². The van der Waals surface area contributed by atoms with Crippen LogP contribution in [0.1, 0.15) is 5.56 Å². The van der Waals surface area contributed by atoms with Crippen LogP contribution in [0.25, 0.3) is 0 Å². The molecule has 1 unspecified atom stereocenters. The van der Waals surface area contributed by atoms with Gasteiger partial charge in [-0.15, -0.1) is 0 Å². The number of benzene rings is 1. The van der Waals surface area contributed by atoms with Crippen molar-refractivity contribution in [2.24, 2.45) is 11.7 Å². The molecule has 1 aliphatic rings. The van der Waals surface area contributed by atoms with E-state index in [1.807, 2.05) is 18.2 Å². The maximum absolute atomic E-state index is 13.3. The van der Waals surface area contributed by atoms with E-state index in [1.165, 1.54) is 0 Å².